The molecule has 1 atom stereocenters. The Bertz CT molecular complexity index is 389. The second-order valence-electron chi connectivity index (χ2n) is 5.05. The van der Waals surface area contributed by atoms with Crippen LogP contribution in [0.1, 0.15) is 37.3 Å². The minimum atomic E-state index is -2.40. The van der Waals surface area contributed by atoms with Crippen molar-refractivity contribution in [2.24, 2.45) is 0 Å². The normalized spacial score (nSPS) is 23.8. The topological polar surface area (TPSA) is 21.3 Å². The maximum Gasteiger partial charge on any atom is 0.263 e. The first-order chi connectivity index (χ1) is 8.59. The van der Waals surface area contributed by atoms with Gasteiger partial charge >= 0.3 is 0 Å². The highest BCUT2D eigenvalue weighted by atomic mass is 19.3. The van der Waals surface area contributed by atoms with Crippen molar-refractivity contribution >= 4 is 0 Å². The van der Waals surface area contributed by atoms with Gasteiger partial charge in [0.15, 0.2) is 0 Å². The highest BCUT2D eigenvalue weighted by Gasteiger charge is 2.28. The van der Waals surface area contributed by atoms with Crippen LogP contribution in [0.15, 0.2) is 24.3 Å². The summed E-state index contributed by atoms with van der Waals surface area (Å²) in [6.07, 6.45) is -0.253. The SMILES string of the molecule is CC1(CNCc2cccc(C(F)F)c2)CCCO1. The average molecular weight is 255 g/mol. The molecule has 1 aliphatic heterocycles. The van der Waals surface area contributed by atoms with Crippen LogP contribution in [0.25, 0.3) is 0 Å². The molecule has 1 heterocycles. The van der Waals surface area contributed by atoms with Crippen LogP contribution in [-0.4, -0.2) is 18.8 Å². The molecule has 2 rings (SSSR count). The van der Waals surface area contributed by atoms with Gasteiger partial charge in [0.25, 0.3) is 6.43 Å². The zero-order valence-corrected chi connectivity index (χ0v) is 10.6. The number of hydrogen-bond donors (Lipinski definition) is 1. The van der Waals surface area contributed by atoms with E-state index in [1.807, 2.05) is 6.07 Å². The summed E-state index contributed by atoms with van der Waals surface area (Å²) >= 11 is 0. The quantitative estimate of drug-likeness (QED) is 0.871. The lowest BCUT2D eigenvalue weighted by molar-refractivity contribution is 0.0206. The third-order valence-electron chi connectivity index (χ3n) is 3.33. The molecule has 1 saturated heterocycles. The second-order valence-corrected chi connectivity index (χ2v) is 5.05. The van der Waals surface area contributed by atoms with Gasteiger partial charge in [-0.25, -0.2) is 8.78 Å². The predicted molar refractivity (Wildman–Crippen MR) is 66.7 cm³/mol. The summed E-state index contributed by atoms with van der Waals surface area (Å²) in [6, 6.07) is 6.54. The average Bonchev–Trinajstić information content (AvgIpc) is 2.77. The van der Waals surface area contributed by atoms with Crippen molar-refractivity contribution < 1.29 is 13.5 Å². The summed E-state index contributed by atoms with van der Waals surface area (Å²) in [4.78, 5) is 0. The fourth-order valence-corrected chi connectivity index (χ4v) is 2.29. The summed E-state index contributed by atoms with van der Waals surface area (Å²) in [5.74, 6) is 0. The number of halogens is 2. The first kappa shape index (κ1) is 13.4. The van der Waals surface area contributed by atoms with Gasteiger partial charge in [-0.3, -0.25) is 0 Å². The van der Waals surface area contributed by atoms with E-state index in [1.54, 1.807) is 12.1 Å². The molecular weight excluding hydrogens is 236 g/mol. The summed E-state index contributed by atoms with van der Waals surface area (Å²) in [5, 5.41) is 3.28. The van der Waals surface area contributed by atoms with Gasteiger partial charge in [0.1, 0.15) is 0 Å². The molecule has 1 fully saturated rings. The van der Waals surface area contributed by atoms with E-state index >= 15 is 0 Å². The van der Waals surface area contributed by atoms with Crippen molar-refractivity contribution in [1.29, 1.82) is 0 Å². The van der Waals surface area contributed by atoms with Gasteiger partial charge in [0.2, 0.25) is 0 Å². The molecule has 1 N–H and O–H groups in total. The molecule has 1 aliphatic rings. The van der Waals surface area contributed by atoms with Crippen LogP contribution in [0.4, 0.5) is 8.78 Å². The van der Waals surface area contributed by atoms with Crippen molar-refractivity contribution in [3.63, 3.8) is 0 Å². The Hall–Kier alpha value is -1.00. The Morgan fingerprint density at radius 3 is 2.94 bits per heavy atom. The molecule has 1 aromatic rings. The maximum atomic E-state index is 12.5. The summed E-state index contributed by atoms with van der Waals surface area (Å²) in [7, 11) is 0. The Morgan fingerprint density at radius 1 is 1.44 bits per heavy atom. The van der Waals surface area contributed by atoms with E-state index in [2.05, 4.69) is 12.2 Å². The van der Waals surface area contributed by atoms with Crippen LogP contribution in [0.2, 0.25) is 0 Å². The van der Waals surface area contributed by atoms with E-state index < -0.39 is 6.43 Å². The van der Waals surface area contributed by atoms with E-state index in [4.69, 9.17) is 4.74 Å². The zero-order valence-electron chi connectivity index (χ0n) is 10.6. The van der Waals surface area contributed by atoms with E-state index in [0.29, 0.717) is 6.54 Å². The Morgan fingerprint density at radius 2 is 2.28 bits per heavy atom. The lowest BCUT2D eigenvalue weighted by Gasteiger charge is -2.23. The molecule has 0 saturated carbocycles. The minimum Gasteiger partial charge on any atom is -0.374 e. The fraction of sp³-hybridized carbons (Fsp3) is 0.571. The molecule has 0 amide bonds. The number of hydrogen-bond acceptors (Lipinski definition) is 2. The third kappa shape index (κ3) is 3.50. The van der Waals surface area contributed by atoms with E-state index in [9.17, 15) is 8.78 Å². The fourth-order valence-electron chi connectivity index (χ4n) is 2.29. The zero-order chi connectivity index (χ0) is 13.0. The Balaban J connectivity index is 1.84. The molecule has 0 spiro atoms. The first-order valence-electron chi connectivity index (χ1n) is 6.31. The molecule has 0 aromatic heterocycles. The second kappa shape index (κ2) is 5.76. The van der Waals surface area contributed by atoms with Gasteiger partial charge in [-0.1, -0.05) is 18.2 Å². The van der Waals surface area contributed by atoms with Crippen molar-refractivity contribution in [2.45, 2.75) is 38.3 Å². The number of ether oxygens (including phenoxy) is 1. The number of nitrogens with one attached hydrogen (secondary N) is 1. The van der Waals surface area contributed by atoms with Crippen LogP contribution in [0.3, 0.4) is 0 Å². The van der Waals surface area contributed by atoms with Crippen LogP contribution < -0.4 is 5.32 Å². The summed E-state index contributed by atoms with van der Waals surface area (Å²) in [6.45, 7) is 4.26. The molecule has 1 unspecified atom stereocenters. The molecule has 2 nitrogen and oxygen atoms in total. The summed E-state index contributed by atoms with van der Waals surface area (Å²) in [5.41, 5.74) is 0.868. The first-order valence-corrected chi connectivity index (χ1v) is 6.31. The summed E-state index contributed by atoms with van der Waals surface area (Å²) < 4.78 is 30.7. The number of alkyl halides is 2. The lowest BCUT2D eigenvalue weighted by Crippen LogP contribution is -2.36. The predicted octanol–water partition coefficient (Wildman–Crippen LogP) is 3.28. The van der Waals surface area contributed by atoms with Gasteiger partial charge in [-0.2, -0.15) is 0 Å². The number of rotatable bonds is 5. The molecule has 0 bridgehead atoms. The van der Waals surface area contributed by atoms with Crippen molar-refractivity contribution in [2.75, 3.05) is 13.2 Å². The van der Waals surface area contributed by atoms with Crippen molar-refractivity contribution in [3.05, 3.63) is 35.4 Å². The number of benzene rings is 1. The van der Waals surface area contributed by atoms with E-state index in [-0.39, 0.29) is 11.2 Å². The van der Waals surface area contributed by atoms with E-state index in [1.165, 1.54) is 6.07 Å². The third-order valence-corrected chi connectivity index (χ3v) is 3.33. The molecular formula is C14H19F2NO. The van der Waals surface area contributed by atoms with Crippen molar-refractivity contribution in [1.82, 2.24) is 5.32 Å². The molecule has 100 valence electrons. The minimum absolute atomic E-state index is 0.0811. The van der Waals surface area contributed by atoms with Crippen LogP contribution in [0, 0.1) is 0 Å². The smallest absolute Gasteiger partial charge is 0.263 e. The Kier molecular flexibility index (Phi) is 4.30. The van der Waals surface area contributed by atoms with Gasteiger partial charge in [-0.15, -0.1) is 0 Å². The van der Waals surface area contributed by atoms with Crippen LogP contribution >= 0.6 is 0 Å². The van der Waals surface area contributed by atoms with E-state index in [0.717, 1.165) is 31.6 Å². The van der Waals surface area contributed by atoms with Gasteiger partial charge in [0.05, 0.1) is 5.60 Å². The Labute approximate surface area is 106 Å². The lowest BCUT2D eigenvalue weighted by atomic mass is 10.0. The van der Waals surface area contributed by atoms with Crippen LogP contribution in [0.5, 0.6) is 0 Å². The monoisotopic (exact) mass is 255 g/mol. The van der Waals surface area contributed by atoms with Gasteiger partial charge in [0, 0.05) is 25.3 Å². The maximum absolute atomic E-state index is 12.5. The largest absolute Gasteiger partial charge is 0.374 e. The molecule has 4 heteroatoms. The van der Waals surface area contributed by atoms with Gasteiger partial charge < -0.3 is 10.1 Å². The van der Waals surface area contributed by atoms with Crippen molar-refractivity contribution in [3.8, 4) is 0 Å². The molecule has 0 aliphatic carbocycles. The molecule has 1 aromatic carbocycles. The molecule has 18 heavy (non-hydrogen) atoms. The molecule has 0 radical (unpaired) electrons. The van der Waals surface area contributed by atoms with Gasteiger partial charge in [-0.05, 0) is 31.4 Å². The highest BCUT2D eigenvalue weighted by molar-refractivity contribution is 5.24. The standard InChI is InChI=1S/C14H19F2NO/c1-14(6-3-7-18-14)10-17-9-11-4-2-5-12(8-11)13(15)16/h2,4-5,8,13,17H,3,6-7,9-10H2,1H3. The van der Waals surface area contributed by atoms with Crippen LogP contribution in [-0.2, 0) is 11.3 Å². The highest BCUT2D eigenvalue weighted by Crippen LogP contribution is 2.24.